The highest BCUT2D eigenvalue weighted by Gasteiger charge is 2.08. The number of nitrogens with zero attached hydrogens (tertiary/aromatic N) is 3. The van der Waals surface area contributed by atoms with E-state index in [9.17, 15) is 0 Å². The minimum Gasteiger partial charge on any atom is -0.358 e. The Labute approximate surface area is 170 Å². The molecule has 2 heterocycles. The molecule has 8 heteroatoms. The number of aromatic amines is 1. The maximum atomic E-state index is 4.97. The third kappa shape index (κ3) is 4.96. The first-order valence-corrected chi connectivity index (χ1v) is 8.55. The van der Waals surface area contributed by atoms with Crippen molar-refractivity contribution in [1.82, 2.24) is 25.8 Å². The summed E-state index contributed by atoms with van der Waals surface area (Å²) >= 11 is 0. The number of aryl methyl sites for hydroxylation is 2. The molecule has 0 fully saturated rings. The minimum atomic E-state index is 0. The summed E-state index contributed by atoms with van der Waals surface area (Å²) in [6.45, 7) is 7.90. The number of hydrogen-bond donors (Lipinski definition) is 3. The summed E-state index contributed by atoms with van der Waals surface area (Å²) in [5.74, 6) is 1.89. The van der Waals surface area contributed by atoms with Gasteiger partial charge in [-0.05, 0) is 31.9 Å². The lowest BCUT2D eigenvalue weighted by Gasteiger charge is -2.11. The first-order valence-electron chi connectivity index (χ1n) is 8.55. The summed E-state index contributed by atoms with van der Waals surface area (Å²) in [6, 6.07) is 8.39. The number of para-hydroxylation sites is 1. The minimum absolute atomic E-state index is 0. The molecule has 0 aliphatic carbocycles. The van der Waals surface area contributed by atoms with Crippen LogP contribution in [0.5, 0.6) is 0 Å². The van der Waals surface area contributed by atoms with Gasteiger partial charge in [-0.2, -0.15) is 4.98 Å². The molecule has 140 valence electrons. The van der Waals surface area contributed by atoms with Crippen LogP contribution in [0.25, 0.3) is 10.9 Å². The number of benzene rings is 1. The molecule has 0 amide bonds. The molecule has 0 saturated heterocycles. The molecule has 0 spiro atoms. The number of aromatic nitrogens is 3. The van der Waals surface area contributed by atoms with Crippen molar-refractivity contribution in [3.05, 3.63) is 47.2 Å². The Balaban J connectivity index is 0.00000243. The van der Waals surface area contributed by atoms with Crippen molar-refractivity contribution >= 4 is 40.8 Å². The molecule has 0 unspecified atom stereocenters. The number of nitrogens with one attached hydrogen (secondary N) is 3. The van der Waals surface area contributed by atoms with Crippen molar-refractivity contribution in [2.45, 2.75) is 33.7 Å². The summed E-state index contributed by atoms with van der Waals surface area (Å²) in [6.07, 6.45) is 0.918. The van der Waals surface area contributed by atoms with Crippen LogP contribution in [0.15, 0.2) is 33.8 Å². The Morgan fingerprint density at radius 3 is 2.77 bits per heavy atom. The lowest BCUT2D eigenvalue weighted by Crippen LogP contribution is -2.38. The zero-order chi connectivity index (χ0) is 17.6. The van der Waals surface area contributed by atoms with E-state index in [2.05, 4.69) is 61.9 Å². The molecule has 7 nitrogen and oxygen atoms in total. The number of halogens is 1. The van der Waals surface area contributed by atoms with Crippen LogP contribution in [0.1, 0.15) is 29.9 Å². The molecule has 0 aliphatic rings. The average Bonchev–Trinajstić information content (AvgIpc) is 3.16. The van der Waals surface area contributed by atoms with Crippen LogP contribution in [0.2, 0.25) is 0 Å². The van der Waals surface area contributed by atoms with E-state index < -0.39 is 0 Å². The summed E-state index contributed by atoms with van der Waals surface area (Å²) in [5, 5.41) is 11.7. The van der Waals surface area contributed by atoms with Crippen LogP contribution < -0.4 is 10.6 Å². The van der Waals surface area contributed by atoms with E-state index >= 15 is 0 Å². The maximum Gasteiger partial charge on any atom is 0.223 e. The average molecular weight is 468 g/mol. The monoisotopic (exact) mass is 468 g/mol. The quantitative estimate of drug-likeness (QED) is 0.294. The van der Waals surface area contributed by atoms with Crippen LogP contribution in [-0.4, -0.2) is 34.2 Å². The zero-order valence-corrected chi connectivity index (χ0v) is 17.6. The Morgan fingerprint density at radius 1 is 1.23 bits per heavy atom. The topological polar surface area (TPSA) is 91.1 Å². The van der Waals surface area contributed by atoms with Crippen molar-refractivity contribution in [2.24, 2.45) is 4.99 Å². The second kappa shape index (κ2) is 9.56. The van der Waals surface area contributed by atoms with Crippen LogP contribution in [-0.2, 0) is 13.0 Å². The predicted octanol–water partition coefficient (Wildman–Crippen LogP) is 3.08. The molecular formula is C18H25IN6O. The summed E-state index contributed by atoms with van der Waals surface area (Å²) in [7, 11) is 0. The first-order chi connectivity index (χ1) is 12.2. The predicted molar refractivity (Wildman–Crippen MR) is 114 cm³/mol. The standard InChI is InChI=1S/C18H24N6O.HI/c1-4-19-18(21-11-17-23-13(3)25-24-17)20-10-9-14-12(2)22-16-8-6-5-7-15(14)16;/h5-8,22H,4,9-11H2,1-3H3,(H2,19,20,21);1H. The number of rotatable bonds is 6. The third-order valence-corrected chi connectivity index (χ3v) is 3.99. The van der Waals surface area contributed by atoms with Crippen molar-refractivity contribution < 1.29 is 4.52 Å². The van der Waals surface area contributed by atoms with Crippen LogP contribution in [0.3, 0.4) is 0 Å². The number of hydrogen-bond acceptors (Lipinski definition) is 4. The molecule has 2 aromatic heterocycles. The van der Waals surface area contributed by atoms with E-state index in [4.69, 9.17) is 4.52 Å². The Morgan fingerprint density at radius 2 is 2.04 bits per heavy atom. The highest BCUT2D eigenvalue weighted by atomic mass is 127. The van der Waals surface area contributed by atoms with Crippen molar-refractivity contribution in [3.8, 4) is 0 Å². The van der Waals surface area contributed by atoms with Gasteiger partial charge in [0.1, 0.15) is 6.54 Å². The molecule has 3 aromatic rings. The molecule has 0 saturated carbocycles. The van der Waals surface area contributed by atoms with Gasteiger partial charge in [-0.3, -0.25) is 0 Å². The summed E-state index contributed by atoms with van der Waals surface area (Å²) in [4.78, 5) is 12.1. The Kier molecular flexibility index (Phi) is 7.43. The molecule has 0 aliphatic heterocycles. The van der Waals surface area contributed by atoms with E-state index in [1.165, 1.54) is 22.2 Å². The lowest BCUT2D eigenvalue weighted by atomic mass is 10.1. The summed E-state index contributed by atoms with van der Waals surface area (Å²) in [5.41, 5.74) is 3.74. The summed E-state index contributed by atoms with van der Waals surface area (Å²) < 4.78 is 4.97. The van der Waals surface area contributed by atoms with Gasteiger partial charge in [0, 0.05) is 36.6 Å². The van der Waals surface area contributed by atoms with Crippen LogP contribution in [0.4, 0.5) is 0 Å². The Hall–Kier alpha value is -2.10. The largest absolute Gasteiger partial charge is 0.358 e. The number of aliphatic imine (C=N–C) groups is 1. The SMILES string of the molecule is CCNC(=NCc1noc(C)n1)NCCc1c(C)[nH]c2ccccc12.I. The lowest BCUT2D eigenvalue weighted by molar-refractivity contribution is 0.387. The number of H-pyrrole nitrogens is 1. The van der Waals surface area contributed by atoms with Crippen molar-refractivity contribution in [2.75, 3.05) is 13.1 Å². The fourth-order valence-electron chi connectivity index (χ4n) is 2.86. The van der Waals surface area contributed by atoms with Gasteiger partial charge in [-0.1, -0.05) is 23.4 Å². The fraction of sp³-hybridized carbons (Fsp3) is 0.389. The molecule has 3 N–H and O–H groups in total. The van der Waals surface area contributed by atoms with Crippen LogP contribution >= 0.6 is 24.0 Å². The fourth-order valence-corrected chi connectivity index (χ4v) is 2.86. The molecule has 1 aromatic carbocycles. The second-order valence-electron chi connectivity index (χ2n) is 5.88. The van der Waals surface area contributed by atoms with E-state index in [1.54, 1.807) is 6.92 Å². The molecule has 3 rings (SSSR count). The first kappa shape index (κ1) is 20.2. The maximum absolute atomic E-state index is 4.97. The van der Waals surface area contributed by atoms with Gasteiger partial charge in [-0.25, -0.2) is 4.99 Å². The number of guanidine groups is 1. The van der Waals surface area contributed by atoms with Crippen LogP contribution in [0, 0.1) is 13.8 Å². The second-order valence-corrected chi connectivity index (χ2v) is 5.88. The van der Waals surface area contributed by atoms with Gasteiger partial charge < -0.3 is 20.1 Å². The van der Waals surface area contributed by atoms with Gasteiger partial charge >= 0.3 is 0 Å². The molecule has 0 atom stereocenters. The molecule has 0 bridgehead atoms. The normalized spacial score (nSPS) is 11.4. The molecule has 0 radical (unpaired) electrons. The van der Waals surface area contributed by atoms with E-state index in [-0.39, 0.29) is 24.0 Å². The smallest absolute Gasteiger partial charge is 0.223 e. The molecular weight excluding hydrogens is 443 g/mol. The molecule has 26 heavy (non-hydrogen) atoms. The highest BCUT2D eigenvalue weighted by Crippen LogP contribution is 2.21. The van der Waals surface area contributed by atoms with E-state index in [1.807, 2.05) is 6.92 Å². The zero-order valence-electron chi connectivity index (χ0n) is 15.3. The van der Waals surface area contributed by atoms with Crippen molar-refractivity contribution in [1.29, 1.82) is 0 Å². The van der Waals surface area contributed by atoms with Gasteiger partial charge in [0.2, 0.25) is 5.89 Å². The number of fused-ring (bicyclic) bond motifs is 1. The van der Waals surface area contributed by atoms with Crippen molar-refractivity contribution in [3.63, 3.8) is 0 Å². The van der Waals surface area contributed by atoms with Gasteiger partial charge in [0.05, 0.1) is 0 Å². The van der Waals surface area contributed by atoms with Gasteiger partial charge in [0.15, 0.2) is 11.8 Å². The highest BCUT2D eigenvalue weighted by molar-refractivity contribution is 14.0. The van der Waals surface area contributed by atoms with E-state index in [0.29, 0.717) is 18.3 Å². The van der Waals surface area contributed by atoms with Gasteiger partial charge in [-0.15, -0.1) is 24.0 Å². The van der Waals surface area contributed by atoms with Gasteiger partial charge in [0.25, 0.3) is 0 Å². The Bertz CT molecular complexity index is 870. The third-order valence-electron chi connectivity index (χ3n) is 3.99. The van der Waals surface area contributed by atoms with E-state index in [0.717, 1.165) is 25.5 Å².